The standard InChI is InChI=1S/C24H27F2N3O3S/c1-2-32-23(30)20-18(14-31-13-17-6-4-3-5-7-17)19-21(28-15-29-22(19)33-20)27-12-16-8-10-24(25,26)11-9-16/h3-7,15-16H,2,8-14H2,1H3,(H,27,28,29). The lowest BCUT2D eigenvalue weighted by Gasteiger charge is -2.28. The summed E-state index contributed by atoms with van der Waals surface area (Å²) in [7, 11) is 0. The molecule has 176 valence electrons. The second-order valence-corrected chi connectivity index (χ2v) is 9.19. The van der Waals surface area contributed by atoms with Crippen molar-refractivity contribution in [3.8, 4) is 0 Å². The molecule has 1 aliphatic rings. The van der Waals surface area contributed by atoms with E-state index in [-0.39, 0.29) is 32.0 Å². The lowest BCUT2D eigenvalue weighted by Crippen LogP contribution is -2.28. The third kappa shape index (κ3) is 5.83. The van der Waals surface area contributed by atoms with Crippen molar-refractivity contribution in [1.29, 1.82) is 0 Å². The van der Waals surface area contributed by atoms with E-state index in [1.807, 2.05) is 30.3 Å². The number of fused-ring (bicyclic) bond motifs is 1. The number of carbonyl (C=O) groups is 1. The number of aromatic nitrogens is 2. The van der Waals surface area contributed by atoms with Crippen LogP contribution >= 0.6 is 11.3 Å². The summed E-state index contributed by atoms with van der Waals surface area (Å²) in [5.74, 6) is -2.23. The molecule has 1 N–H and O–H groups in total. The zero-order valence-corrected chi connectivity index (χ0v) is 19.3. The van der Waals surface area contributed by atoms with Crippen LogP contribution in [0.15, 0.2) is 36.7 Å². The number of rotatable bonds is 9. The molecule has 0 radical (unpaired) electrons. The first kappa shape index (κ1) is 23.5. The topological polar surface area (TPSA) is 73.3 Å². The van der Waals surface area contributed by atoms with Crippen LogP contribution in [0.25, 0.3) is 10.2 Å². The number of nitrogens with one attached hydrogen (secondary N) is 1. The Morgan fingerprint density at radius 1 is 1.18 bits per heavy atom. The number of carbonyl (C=O) groups excluding carboxylic acids is 1. The van der Waals surface area contributed by atoms with Crippen molar-refractivity contribution in [2.45, 2.75) is 51.7 Å². The van der Waals surface area contributed by atoms with Gasteiger partial charge in [0.25, 0.3) is 0 Å². The number of ether oxygens (including phenoxy) is 2. The second-order valence-electron chi connectivity index (χ2n) is 8.19. The number of alkyl halides is 2. The van der Waals surface area contributed by atoms with Gasteiger partial charge >= 0.3 is 5.97 Å². The minimum atomic E-state index is -2.55. The Balaban J connectivity index is 1.56. The smallest absolute Gasteiger partial charge is 0.348 e. The maximum atomic E-state index is 13.5. The highest BCUT2D eigenvalue weighted by Crippen LogP contribution is 2.38. The highest BCUT2D eigenvalue weighted by molar-refractivity contribution is 7.20. The summed E-state index contributed by atoms with van der Waals surface area (Å²) in [6, 6.07) is 9.78. The van der Waals surface area contributed by atoms with Gasteiger partial charge in [0, 0.05) is 24.9 Å². The molecule has 0 atom stereocenters. The molecule has 0 saturated heterocycles. The Hall–Kier alpha value is -2.65. The zero-order chi connectivity index (χ0) is 23.3. The van der Waals surface area contributed by atoms with Crippen LogP contribution < -0.4 is 5.32 Å². The van der Waals surface area contributed by atoms with Gasteiger partial charge in [-0.2, -0.15) is 0 Å². The third-order valence-corrected chi connectivity index (χ3v) is 6.92. The first-order chi connectivity index (χ1) is 16.0. The summed E-state index contributed by atoms with van der Waals surface area (Å²) in [6.45, 7) is 3.16. The fraction of sp³-hybridized carbons (Fsp3) is 0.458. The largest absolute Gasteiger partial charge is 0.462 e. The third-order valence-electron chi connectivity index (χ3n) is 5.80. The lowest BCUT2D eigenvalue weighted by atomic mass is 9.87. The molecule has 33 heavy (non-hydrogen) atoms. The van der Waals surface area contributed by atoms with Gasteiger partial charge in [-0.25, -0.2) is 23.5 Å². The Morgan fingerprint density at radius 2 is 1.94 bits per heavy atom. The summed E-state index contributed by atoms with van der Waals surface area (Å²) >= 11 is 1.25. The molecule has 1 saturated carbocycles. The summed E-state index contributed by atoms with van der Waals surface area (Å²) < 4.78 is 38.2. The minimum Gasteiger partial charge on any atom is -0.462 e. The van der Waals surface area contributed by atoms with Gasteiger partial charge in [-0.1, -0.05) is 30.3 Å². The minimum absolute atomic E-state index is 0.0808. The van der Waals surface area contributed by atoms with E-state index in [1.165, 1.54) is 17.7 Å². The maximum absolute atomic E-state index is 13.5. The summed E-state index contributed by atoms with van der Waals surface area (Å²) in [5, 5.41) is 4.04. The molecule has 0 bridgehead atoms. The normalized spacial score (nSPS) is 16.1. The highest BCUT2D eigenvalue weighted by Gasteiger charge is 2.34. The average molecular weight is 476 g/mol. The van der Waals surface area contributed by atoms with Crippen LogP contribution in [0.2, 0.25) is 0 Å². The van der Waals surface area contributed by atoms with Crippen molar-refractivity contribution in [2.24, 2.45) is 5.92 Å². The van der Waals surface area contributed by atoms with Crippen molar-refractivity contribution in [3.05, 3.63) is 52.7 Å². The number of halogens is 2. The maximum Gasteiger partial charge on any atom is 0.348 e. The van der Waals surface area contributed by atoms with Crippen LogP contribution in [-0.4, -0.2) is 35.0 Å². The molecular formula is C24H27F2N3O3S. The molecule has 1 aliphatic carbocycles. The summed E-state index contributed by atoms with van der Waals surface area (Å²) in [6.07, 6.45) is 2.23. The van der Waals surface area contributed by atoms with Gasteiger partial charge in [0.05, 0.1) is 25.2 Å². The molecule has 3 aromatic rings. The van der Waals surface area contributed by atoms with Crippen LogP contribution in [0.1, 0.15) is 53.4 Å². The fourth-order valence-electron chi connectivity index (χ4n) is 4.01. The quantitative estimate of drug-likeness (QED) is 0.393. The van der Waals surface area contributed by atoms with E-state index in [1.54, 1.807) is 6.92 Å². The molecule has 4 rings (SSSR count). The van der Waals surface area contributed by atoms with Crippen LogP contribution in [-0.2, 0) is 22.7 Å². The van der Waals surface area contributed by atoms with Gasteiger partial charge in [-0.3, -0.25) is 0 Å². The Labute approximate surface area is 195 Å². The van der Waals surface area contributed by atoms with E-state index in [0.29, 0.717) is 47.1 Å². The number of thiophene rings is 1. The number of benzene rings is 1. The average Bonchev–Trinajstić information content (AvgIpc) is 3.19. The molecule has 1 fully saturated rings. The highest BCUT2D eigenvalue weighted by atomic mass is 32.1. The van der Waals surface area contributed by atoms with Gasteiger partial charge in [0.15, 0.2) is 0 Å². The predicted molar refractivity (Wildman–Crippen MR) is 124 cm³/mol. The van der Waals surface area contributed by atoms with E-state index in [9.17, 15) is 13.6 Å². The van der Waals surface area contributed by atoms with E-state index in [0.717, 1.165) is 10.9 Å². The Morgan fingerprint density at radius 3 is 2.67 bits per heavy atom. The molecule has 0 unspecified atom stereocenters. The van der Waals surface area contributed by atoms with E-state index < -0.39 is 11.9 Å². The van der Waals surface area contributed by atoms with Crippen molar-refractivity contribution in [3.63, 3.8) is 0 Å². The van der Waals surface area contributed by atoms with E-state index >= 15 is 0 Å². The molecule has 0 spiro atoms. The number of hydrogen-bond acceptors (Lipinski definition) is 7. The Bertz CT molecular complexity index is 1080. The zero-order valence-electron chi connectivity index (χ0n) is 18.5. The van der Waals surface area contributed by atoms with Gasteiger partial charge in [0.1, 0.15) is 21.9 Å². The van der Waals surface area contributed by atoms with Crippen molar-refractivity contribution in [2.75, 3.05) is 18.5 Å². The van der Waals surface area contributed by atoms with Crippen molar-refractivity contribution < 1.29 is 23.0 Å². The van der Waals surface area contributed by atoms with Gasteiger partial charge in [-0.15, -0.1) is 11.3 Å². The molecule has 6 nitrogen and oxygen atoms in total. The fourth-order valence-corrected chi connectivity index (χ4v) is 5.06. The first-order valence-electron chi connectivity index (χ1n) is 11.1. The predicted octanol–water partition coefficient (Wildman–Crippen LogP) is 5.82. The molecule has 0 amide bonds. The van der Waals surface area contributed by atoms with Gasteiger partial charge in [-0.05, 0) is 31.2 Å². The van der Waals surface area contributed by atoms with Crippen LogP contribution in [0, 0.1) is 5.92 Å². The van der Waals surface area contributed by atoms with Crippen LogP contribution in [0.3, 0.4) is 0 Å². The Kier molecular flexibility index (Phi) is 7.49. The first-order valence-corrected chi connectivity index (χ1v) is 12.0. The van der Waals surface area contributed by atoms with Crippen molar-refractivity contribution >= 4 is 33.3 Å². The molecular weight excluding hydrogens is 448 g/mol. The van der Waals surface area contributed by atoms with Gasteiger partial charge in [0.2, 0.25) is 5.92 Å². The molecule has 9 heteroatoms. The number of nitrogens with zero attached hydrogens (tertiary/aromatic N) is 2. The molecule has 1 aromatic carbocycles. The SMILES string of the molecule is CCOC(=O)c1sc2ncnc(NCC3CCC(F)(F)CC3)c2c1COCc1ccccc1. The van der Waals surface area contributed by atoms with Crippen LogP contribution in [0.4, 0.5) is 14.6 Å². The second kappa shape index (κ2) is 10.5. The summed E-state index contributed by atoms with van der Waals surface area (Å²) in [4.78, 5) is 22.5. The number of hydrogen-bond donors (Lipinski definition) is 1. The lowest BCUT2D eigenvalue weighted by molar-refractivity contribution is -0.0443. The molecule has 2 aromatic heterocycles. The number of esters is 1. The van der Waals surface area contributed by atoms with E-state index in [2.05, 4.69) is 15.3 Å². The summed E-state index contributed by atoms with van der Waals surface area (Å²) in [5.41, 5.74) is 1.71. The molecule has 2 heterocycles. The monoisotopic (exact) mass is 475 g/mol. The van der Waals surface area contributed by atoms with E-state index in [4.69, 9.17) is 9.47 Å². The van der Waals surface area contributed by atoms with Gasteiger partial charge < -0.3 is 14.8 Å². The van der Waals surface area contributed by atoms with Crippen LogP contribution in [0.5, 0.6) is 0 Å². The molecule has 0 aliphatic heterocycles. The van der Waals surface area contributed by atoms with Crippen molar-refractivity contribution in [1.82, 2.24) is 9.97 Å². The number of anilines is 1.